The number of hydrogen-bond donors (Lipinski definition) is 2. The van der Waals surface area contributed by atoms with Gasteiger partial charge in [-0.25, -0.2) is 0 Å². The summed E-state index contributed by atoms with van der Waals surface area (Å²) in [4.78, 5) is 12.1. The van der Waals surface area contributed by atoms with Crippen LogP contribution in [0.2, 0.25) is 0 Å². The maximum absolute atomic E-state index is 12.1. The van der Waals surface area contributed by atoms with Crippen LogP contribution in [0.5, 0.6) is 11.5 Å². The van der Waals surface area contributed by atoms with Gasteiger partial charge < -0.3 is 15.8 Å². The Morgan fingerprint density at radius 1 is 1.22 bits per heavy atom. The molecule has 1 aliphatic rings. The third kappa shape index (κ3) is 4.51. The molecule has 0 aliphatic carbocycles. The Morgan fingerprint density at radius 3 is 2.48 bits per heavy atom. The Hall–Kier alpha value is -2.33. The lowest BCUT2D eigenvalue weighted by Gasteiger charge is -2.29. The Bertz CT molecular complexity index is 794. The van der Waals surface area contributed by atoms with Crippen molar-refractivity contribution in [2.75, 3.05) is 13.1 Å². The predicted octanol–water partition coefficient (Wildman–Crippen LogP) is 4.55. The number of nitrogens with one attached hydrogen (secondary N) is 1. The van der Waals surface area contributed by atoms with Crippen molar-refractivity contribution in [2.45, 2.75) is 46.0 Å². The van der Waals surface area contributed by atoms with Crippen LogP contribution < -0.4 is 15.8 Å². The molecular formula is C23H30N2O2. The van der Waals surface area contributed by atoms with Gasteiger partial charge in [-0.05, 0) is 80.4 Å². The molecule has 4 heteroatoms. The molecule has 1 fully saturated rings. The summed E-state index contributed by atoms with van der Waals surface area (Å²) in [6.07, 6.45) is 2.92. The van der Waals surface area contributed by atoms with E-state index in [9.17, 15) is 4.79 Å². The molecule has 2 aromatic rings. The summed E-state index contributed by atoms with van der Waals surface area (Å²) in [6.45, 7) is 8.33. The van der Waals surface area contributed by atoms with Gasteiger partial charge in [-0.2, -0.15) is 0 Å². The number of nitrogens with two attached hydrogens (primary N) is 1. The molecule has 0 radical (unpaired) electrons. The van der Waals surface area contributed by atoms with Crippen LogP contribution in [-0.4, -0.2) is 19.0 Å². The van der Waals surface area contributed by atoms with E-state index in [1.807, 2.05) is 43.3 Å². The minimum atomic E-state index is -0.362. The molecule has 0 spiro atoms. The fourth-order valence-corrected chi connectivity index (χ4v) is 4.01. The summed E-state index contributed by atoms with van der Waals surface area (Å²) in [5.74, 6) is 2.20. The maximum atomic E-state index is 12.1. The molecule has 3 rings (SSSR count). The molecule has 1 heterocycles. The molecule has 144 valence electrons. The van der Waals surface area contributed by atoms with Crippen LogP contribution in [0.1, 0.15) is 59.7 Å². The smallest absolute Gasteiger partial charge is 0.248 e. The summed E-state index contributed by atoms with van der Waals surface area (Å²) >= 11 is 0. The van der Waals surface area contributed by atoms with E-state index >= 15 is 0 Å². The summed E-state index contributed by atoms with van der Waals surface area (Å²) in [7, 11) is 0. The van der Waals surface area contributed by atoms with Gasteiger partial charge in [0, 0.05) is 11.1 Å². The van der Waals surface area contributed by atoms with Crippen molar-refractivity contribution in [3.05, 3.63) is 58.7 Å². The van der Waals surface area contributed by atoms with Gasteiger partial charge >= 0.3 is 0 Å². The van der Waals surface area contributed by atoms with Crippen LogP contribution in [0.3, 0.4) is 0 Å². The second kappa shape index (κ2) is 8.57. The van der Waals surface area contributed by atoms with E-state index in [2.05, 4.69) is 19.2 Å². The first-order valence-corrected chi connectivity index (χ1v) is 9.87. The normalized spacial score (nSPS) is 15.1. The third-order valence-electron chi connectivity index (χ3n) is 5.27. The van der Waals surface area contributed by atoms with Crippen LogP contribution in [0.15, 0.2) is 36.4 Å². The van der Waals surface area contributed by atoms with E-state index in [4.69, 9.17) is 10.5 Å². The third-order valence-corrected chi connectivity index (χ3v) is 5.27. The van der Waals surface area contributed by atoms with Crippen molar-refractivity contribution in [3.8, 4) is 11.5 Å². The quantitative estimate of drug-likeness (QED) is 0.788. The van der Waals surface area contributed by atoms with Crippen LogP contribution >= 0.6 is 0 Å². The number of carbonyl (C=O) groups excluding carboxylic acids is 1. The van der Waals surface area contributed by atoms with E-state index in [-0.39, 0.29) is 5.91 Å². The Morgan fingerprint density at radius 2 is 1.89 bits per heavy atom. The van der Waals surface area contributed by atoms with Crippen molar-refractivity contribution < 1.29 is 9.53 Å². The molecule has 1 amide bonds. The SMILES string of the molecule is Cc1c(C(N)=O)cc(CC(C)C)c(Oc2ccccc2)c1C1CCNCC1. The molecule has 3 N–H and O–H groups in total. The van der Waals surface area contributed by atoms with E-state index in [1.165, 1.54) is 0 Å². The van der Waals surface area contributed by atoms with Gasteiger partial charge in [0.2, 0.25) is 5.91 Å². The number of piperidine rings is 1. The average molecular weight is 367 g/mol. The van der Waals surface area contributed by atoms with Gasteiger partial charge in [0.15, 0.2) is 0 Å². The zero-order valence-corrected chi connectivity index (χ0v) is 16.5. The van der Waals surface area contributed by atoms with Crippen molar-refractivity contribution in [2.24, 2.45) is 11.7 Å². The number of primary amides is 1. The van der Waals surface area contributed by atoms with Gasteiger partial charge in [-0.3, -0.25) is 4.79 Å². The highest BCUT2D eigenvalue weighted by Crippen LogP contribution is 2.42. The fourth-order valence-electron chi connectivity index (χ4n) is 4.01. The fraction of sp³-hybridized carbons (Fsp3) is 0.435. The van der Waals surface area contributed by atoms with Crippen LogP contribution in [0.25, 0.3) is 0 Å². The molecule has 4 nitrogen and oxygen atoms in total. The number of rotatable bonds is 6. The van der Waals surface area contributed by atoms with E-state index in [1.54, 1.807) is 0 Å². The zero-order chi connectivity index (χ0) is 19.4. The van der Waals surface area contributed by atoms with E-state index in [0.717, 1.165) is 60.5 Å². The largest absolute Gasteiger partial charge is 0.457 e. The number of hydrogen-bond acceptors (Lipinski definition) is 3. The number of para-hydroxylation sites is 1. The van der Waals surface area contributed by atoms with Crippen LogP contribution in [0.4, 0.5) is 0 Å². The molecule has 0 saturated carbocycles. The monoisotopic (exact) mass is 366 g/mol. The molecular weight excluding hydrogens is 336 g/mol. The molecule has 1 aliphatic heterocycles. The van der Waals surface area contributed by atoms with Gasteiger partial charge in [-0.1, -0.05) is 32.0 Å². The number of benzene rings is 2. The highest BCUT2D eigenvalue weighted by molar-refractivity contribution is 5.95. The lowest BCUT2D eigenvalue weighted by atomic mass is 9.82. The maximum Gasteiger partial charge on any atom is 0.248 e. The molecule has 0 atom stereocenters. The summed E-state index contributed by atoms with van der Waals surface area (Å²) in [5.41, 5.74) is 9.54. The molecule has 1 saturated heterocycles. The second-order valence-electron chi connectivity index (χ2n) is 7.85. The van der Waals surface area contributed by atoms with Gasteiger partial charge in [-0.15, -0.1) is 0 Å². The van der Waals surface area contributed by atoms with Crippen molar-refractivity contribution in [1.29, 1.82) is 0 Å². The first-order chi connectivity index (χ1) is 13.0. The average Bonchev–Trinajstić information content (AvgIpc) is 2.65. The highest BCUT2D eigenvalue weighted by atomic mass is 16.5. The minimum absolute atomic E-state index is 0.362. The molecule has 27 heavy (non-hydrogen) atoms. The Balaban J connectivity index is 2.18. The summed E-state index contributed by atoms with van der Waals surface area (Å²) < 4.78 is 6.44. The topological polar surface area (TPSA) is 64.4 Å². The van der Waals surface area contributed by atoms with E-state index < -0.39 is 0 Å². The molecule has 2 aromatic carbocycles. The second-order valence-corrected chi connectivity index (χ2v) is 7.85. The van der Waals surface area contributed by atoms with Crippen LogP contribution in [-0.2, 0) is 6.42 Å². The van der Waals surface area contributed by atoms with Crippen molar-refractivity contribution in [1.82, 2.24) is 5.32 Å². The highest BCUT2D eigenvalue weighted by Gasteiger charge is 2.27. The van der Waals surface area contributed by atoms with Crippen LogP contribution in [0, 0.1) is 12.8 Å². The van der Waals surface area contributed by atoms with Gasteiger partial charge in [0.05, 0.1) is 0 Å². The Labute approximate surface area is 162 Å². The minimum Gasteiger partial charge on any atom is -0.457 e. The first kappa shape index (κ1) is 19.4. The summed E-state index contributed by atoms with van der Waals surface area (Å²) in [5, 5.41) is 3.42. The standard InChI is InChI=1S/C23H30N2O2/c1-15(2)13-18-14-20(23(24)26)16(3)21(17-9-11-25-12-10-17)22(18)27-19-7-5-4-6-8-19/h4-8,14-15,17,25H,9-13H2,1-3H3,(H2,24,26). The number of amides is 1. The van der Waals surface area contributed by atoms with Crippen molar-refractivity contribution >= 4 is 5.91 Å². The van der Waals surface area contributed by atoms with E-state index in [0.29, 0.717) is 17.4 Å². The van der Waals surface area contributed by atoms with Gasteiger partial charge in [0.1, 0.15) is 11.5 Å². The van der Waals surface area contributed by atoms with Gasteiger partial charge in [0.25, 0.3) is 0 Å². The van der Waals surface area contributed by atoms with Crippen molar-refractivity contribution in [3.63, 3.8) is 0 Å². The first-order valence-electron chi connectivity index (χ1n) is 9.87. The summed E-state index contributed by atoms with van der Waals surface area (Å²) in [6, 6.07) is 11.8. The zero-order valence-electron chi connectivity index (χ0n) is 16.5. The molecule has 0 unspecified atom stereocenters. The lowest BCUT2D eigenvalue weighted by Crippen LogP contribution is -2.28. The molecule has 0 aromatic heterocycles. The number of ether oxygens (including phenoxy) is 1. The Kier molecular flexibility index (Phi) is 6.17. The lowest BCUT2D eigenvalue weighted by molar-refractivity contribution is 0.0999. The predicted molar refractivity (Wildman–Crippen MR) is 110 cm³/mol. The number of carbonyl (C=O) groups is 1. The molecule has 0 bridgehead atoms.